The number of benzene rings is 1. The summed E-state index contributed by atoms with van der Waals surface area (Å²) < 4.78 is 13.5. The van der Waals surface area contributed by atoms with Crippen molar-refractivity contribution in [3.8, 4) is 0 Å². The Kier molecular flexibility index (Phi) is 3.52. The van der Waals surface area contributed by atoms with Gasteiger partial charge in [-0.1, -0.05) is 0 Å². The van der Waals surface area contributed by atoms with E-state index in [1.165, 1.54) is 0 Å². The van der Waals surface area contributed by atoms with E-state index < -0.39 is 40.2 Å². The summed E-state index contributed by atoms with van der Waals surface area (Å²) in [7, 11) is 0. The topological polar surface area (TPSA) is 97.5 Å². The second-order valence-electron chi connectivity index (χ2n) is 3.34. The molecule has 6 nitrogen and oxygen atoms in total. The smallest absolute Gasteiger partial charge is 0.335 e. The summed E-state index contributed by atoms with van der Waals surface area (Å²) in [5, 5.41) is 19.0. The molecule has 90 valence electrons. The number of carbonyl (C=O) groups is 2. The van der Waals surface area contributed by atoms with Gasteiger partial charge in [0, 0.05) is 10.5 Å². The number of nitro groups is 1. The van der Waals surface area contributed by atoms with E-state index in [0.717, 1.165) is 13.0 Å². The first-order valence-corrected chi connectivity index (χ1v) is 4.51. The second kappa shape index (κ2) is 4.69. The van der Waals surface area contributed by atoms with Crippen molar-refractivity contribution in [2.75, 3.05) is 0 Å². The Morgan fingerprint density at radius 1 is 1.47 bits per heavy atom. The Labute approximate surface area is 94.8 Å². The van der Waals surface area contributed by atoms with Crippen molar-refractivity contribution in [1.82, 2.24) is 0 Å². The van der Waals surface area contributed by atoms with Crippen LogP contribution in [0.3, 0.4) is 0 Å². The molecule has 0 fully saturated rings. The number of Topliss-reactive ketones (excluding diaryl/α,β-unsaturated/α-hetero) is 1. The minimum atomic E-state index is -1.40. The minimum Gasteiger partial charge on any atom is -0.478 e. The highest BCUT2D eigenvalue weighted by Crippen LogP contribution is 2.18. The molecule has 0 aliphatic heterocycles. The van der Waals surface area contributed by atoms with Gasteiger partial charge in [0.25, 0.3) is 0 Å². The molecule has 1 aromatic carbocycles. The molecule has 0 bridgehead atoms. The second-order valence-corrected chi connectivity index (χ2v) is 3.34. The van der Waals surface area contributed by atoms with Crippen LogP contribution in [0.15, 0.2) is 12.1 Å². The van der Waals surface area contributed by atoms with E-state index in [4.69, 9.17) is 5.11 Å². The number of carbonyl (C=O) groups excluding carboxylic acids is 1. The molecule has 1 rings (SSSR count). The first-order valence-electron chi connectivity index (χ1n) is 4.51. The maximum atomic E-state index is 13.5. The molecule has 0 amide bonds. The maximum absolute atomic E-state index is 13.5. The molecule has 0 aliphatic carbocycles. The number of aromatic carboxylic acids is 1. The average molecular weight is 241 g/mol. The molecule has 0 saturated carbocycles. The highest BCUT2D eigenvalue weighted by atomic mass is 19.1. The fourth-order valence-corrected chi connectivity index (χ4v) is 1.36. The molecular formula is C10H8FNO5. The van der Waals surface area contributed by atoms with E-state index in [2.05, 4.69) is 0 Å². The number of nitrogens with zero attached hydrogens (tertiary/aromatic N) is 1. The zero-order valence-electron chi connectivity index (χ0n) is 8.77. The predicted octanol–water partition coefficient (Wildman–Crippen LogP) is 1.50. The zero-order valence-corrected chi connectivity index (χ0v) is 8.77. The van der Waals surface area contributed by atoms with E-state index in [-0.39, 0.29) is 5.56 Å². The van der Waals surface area contributed by atoms with Crippen LogP contribution in [0.25, 0.3) is 0 Å². The first-order chi connectivity index (χ1) is 7.82. The third-order valence-electron chi connectivity index (χ3n) is 2.11. The molecule has 0 aliphatic rings. The molecule has 1 N–H and O–H groups in total. The summed E-state index contributed by atoms with van der Waals surface area (Å²) >= 11 is 0. The number of rotatable bonds is 4. The molecule has 0 atom stereocenters. The molecule has 17 heavy (non-hydrogen) atoms. The van der Waals surface area contributed by atoms with Crippen molar-refractivity contribution >= 4 is 11.8 Å². The van der Waals surface area contributed by atoms with Crippen LogP contribution in [0, 0.1) is 15.9 Å². The summed E-state index contributed by atoms with van der Waals surface area (Å²) in [5.74, 6) is -3.09. The summed E-state index contributed by atoms with van der Waals surface area (Å²) in [6, 6.07) is 1.60. The third kappa shape index (κ3) is 2.83. The Hall–Kier alpha value is -2.31. The quantitative estimate of drug-likeness (QED) is 0.489. The molecule has 7 heteroatoms. The zero-order chi connectivity index (χ0) is 13.2. The standard InChI is InChI=1S/C10H8FNO5/c1-5(13)7-2-6(10(14)15)3-9(11)8(7)4-12(16)17/h2-3H,4H2,1H3,(H,14,15). The molecular weight excluding hydrogens is 233 g/mol. The largest absolute Gasteiger partial charge is 0.478 e. The van der Waals surface area contributed by atoms with Crippen LogP contribution in [0.5, 0.6) is 0 Å². The van der Waals surface area contributed by atoms with Crippen molar-refractivity contribution < 1.29 is 24.0 Å². The van der Waals surface area contributed by atoms with E-state index in [0.29, 0.717) is 6.07 Å². The number of hydrogen-bond acceptors (Lipinski definition) is 4. The van der Waals surface area contributed by atoms with Gasteiger partial charge in [0.2, 0.25) is 6.54 Å². The van der Waals surface area contributed by atoms with E-state index >= 15 is 0 Å². The summed E-state index contributed by atoms with van der Waals surface area (Å²) in [6.07, 6.45) is 0. The molecule has 0 aromatic heterocycles. The van der Waals surface area contributed by atoms with Gasteiger partial charge < -0.3 is 5.11 Å². The lowest BCUT2D eigenvalue weighted by molar-refractivity contribution is -0.497. The number of ketones is 1. The van der Waals surface area contributed by atoms with Gasteiger partial charge in [-0.3, -0.25) is 14.9 Å². The van der Waals surface area contributed by atoms with Gasteiger partial charge in [0.15, 0.2) is 5.78 Å². The van der Waals surface area contributed by atoms with Crippen molar-refractivity contribution in [2.24, 2.45) is 0 Å². The minimum absolute atomic E-state index is 0.279. The monoisotopic (exact) mass is 241 g/mol. The highest BCUT2D eigenvalue weighted by Gasteiger charge is 2.20. The Bertz CT molecular complexity index is 512. The van der Waals surface area contributed by atoms with Gasteiger partial charge >= 0.3 is 5.97 Å². The lowest BCUT2D eigenvalue weighted by Crippen LogP contribution is -2.11. The molecule has 1 aromatic rings. The lowest BCUT2D eigenvalue weighted by atomic mass is 10.0. The fraction of sp³-hybridized carbons (Fsp3) is 0.200. The van der Waals surface area contributed by atoms with Crippen LogP contribution in [-0.2, 0) is 6.54 Å². The Morgan fingerprint density at radius 3 is 2.47 bits per heavy atom. The molecule has 0 heterocycles. The van der Waals surface area contributed by atoms with Crippen LogP contribution in [0.4, 0.5) is 4.39 Å². The SMILES string of the molecule is CC(=O)c1cc(C(=O)O)cc(F)c1C[N+](=O)[O-]. The Morgan fingerprint density at radius 2 is 2.06 bits per heavy atom. The van der Waals surface area contributed by atoms with Crippen LogP contribution in [0.2, 0.25) is 0 Å². The first kappa shape index (κ1) is 12.8. The van der Waals surface area contributed by atoms with Crippen LogP contribution >= 0.6 is 0 Å². The van der Waals surface area contributed by atoms with E-state index in [1.807, 2.05) is 0 Å². The summed E-state index contributed by atoms with van der Waals surface area (Å²) in [4.78, 5) is 31.4. The van der Waals surface area contributed by atoms with Crippen molar-refractivity contribution in [3.05, 3.63) is 44.8 Å². The molecule has 0 spiro atoms. The van der Waals surface area contributed by atoms with Gasteiger partial charge in [-0.25, -0.2) is 9.18 Å². The molecule has 0 saturated heterocycles. The fourth-order valence-electron chi connectivity index (χ4n) is 1.36. The predicted molar refractivity (Wildman–Crippen MR) is 54.1 cm³/mol. The van der Waals surface area contributed by atoms with Crippen LogP contribution < -0.4 is 0 Å². The normalized spacial score (nSPS) is 10.0. The summed E-state index contributed by atoms with van der Waals surface area (Å²) in [6.45, 7) is 0.227. The average Bonchev–Trinajstić information content (AvgIpc) is 2.19. The summed E-state index contributed by atoms with van der Waals surface area (Å²) in [5.41, 5.74) is -1.09. The van der Waals surface area contributed by atoms with Gasteiger partial charge in [-0.2, -0.15) is 0 Å². The van der Waals surface area contributed by atoms with Gasteiger partial charge in [-0.05, 0) is 19.1 Å². The number of carboxylic acid groups (broad SMARTS) is 1. The number of halogens is 1. The van der Waals surface area contributed by atoms with Crippen LogP contribution in [-0.4, -0.2) is 21.8 Å². The number of hydrogen-bond donors (Lipinski definition) is 1. The van der Waals surface area contributed by atoms with Gasteiger partial charge in [-0.15, -0.1) is 0 Å². The van der Waals surface area contributed by atoms with E-state index in [1.54, 1.807) is 0 Å². The van der Waals surface area contributed by atoms with Crippen LogP contribution in [0.1, 0.15) is 33.2 Å². The van der Waals surface area contributed by atoms with Gasteiger partial charge in [0.1, 0.15) is 5.82 Å². The lowest BCUT2D eigenvalue weighted by Gasteiger charge is -2.06. The number of carboxylic acids is 1. The highest BCUT2D eigenvalue weighted by molar-refractivity contribution is 5.98. The molecule has 0 radical (unpaired) electrons. The van der Waals surface area contributed by atoms with E-state index in [9.17, 15) is 24.1 Å². The van der Waals surface area contributed by atoms with Crippen molar-refractivity contribution in [1.29, 1.82) is 0 Å². The third-order valence-corrected chi connectivity index (χ3v) is 2.11. The Balaban J connectivity index is 3.43. The molecule has 0 unspecified atom stereocenters. The van der Waals surface area contributed by atoms with Gasteiger partial charge in [0.05, 0.1) is 11.1 Å². The maximum Gasteiger partial charge on any atom is 0.335 e. The van der Waals surface area contributed by atoms with Crippen molar-refractivity contribution in [2.45, 2.75) is 13.5 Å². The van der Waals surface area contributed by atoms with Crippen molar-refractivity contribution in [3.63, 3.8) is 0 Å².